The molecule has 1 aromatic heterocycles. The molecule has 2 fully saturated rings. The highest BCUT2D eigenvalue weighted by Gasteiger charge is 2.48. The van der Waals surface area contributed by atoms with Crippen molar-refractivity contribution >= 4 is 41.8 Å². The van der Waals surface area contributed by atoms with Crippen LogP contribution in [0.1, 0.15) is 25.1 Å². The van der Waals surface area contributed by atoms with Crippen molar-refractivity contribution in [1.82, 2.24) is 14.9 Å². The smallest absolute Gasteiger partial charge is 0.224 e. The summed E-state index contributed by atoms with van der Waals surface area (Å²) in [6.07, 6.45) is 4.03. The van der Waals surface area contributed by atoms with Gasteiger partial charge in [0.1, 0.15) is 11.6 Å². The number of rotatable bonds is 4. The molecule has 2 aliphatic rings. The summed E-state index contributed by atoms with van der Waals surface area (Å²) in [6.45, 7) is 0.527. The van der Waals surface area contributed by atoms with E-state index in [1.165, 1.54) is 18.6 Å². The lowest BCUT2D eigenvalue weighted by Crippen LogP contribution is -2.45. The molecule has 2 aliphatic carbocycles. The molecule has 0 spiro atoms. The van der Waals surface area contributed by atoms with Gasteiger partial charge in [0.25, 0.3) is 0 Å². The number of hydrogen-bond donors (Lipinski definition) is 2. The first-order valence-electron chi connectivity index (χ1n) is 8.68. The average molecular weight is 403 g/mol. The Morgan fingerprint density at radius 3 is 2.77 bits per heavy atom. The molecule has 0 aliphatic heterocycles. The van der Waals surface area contributed by atoms with Crippen LogP contribution < -0.4 is 11.1 Å². The van der Waals surface area contributed by atoms with Crippen molar-refractivity contribution in [2.24, 2.45) is 30.5 Å². The highest BCUT2D eigenvalue weighted by molar-refractivity contribution is 5.85. The van der Waals surface area contributed by atoms with Crippen molar-refractivity contribution in [2.75, 3.05) is 6.54 Å². The van der Waals surface area contributed by atoms with Crippen LogP contribution in [0.4, 0.5) is 4.39 Å². The number of halogens is 3. The molecule has 2 aromatic rings. The fourth-order valence-electron chi connectivity index (χ4n) is 4.59. The van der Waals surface area contributed by atoms with Gasteiger partial charge in [-0.25, -0.2) is 9.37 Å². The lowest BCUT2D eigenvalue weighted by molar-refractivity contribution is -0.127. The molecule has 2 bridgehead atoms. The molecule has 1 amide bonds. The van der Waals surface area contributed by atoms with Gasteiger partial charge in [-0.1, -0.05) is 0 Å². The van der Waals surface area contributed by atoms with E-state index < -0.39 is 0 Å². The van der Waals surface area contributed by atoms with Gasteiger partial charge in [0.2, 0.25) is 5.91 Å². The topological polar surface area (TPSA) is 72.9 Å². The molecule has 2 saturated carbocycles. The number of carbonyl (C=O) groups is 1. The molecule has 4 atom stereocenters. The second-order valence-electron chi connectivity index (χ2n) is 7.20. The SMILES string of the molecule is Cl.Cl.Cn1c(CCNC(=O)C2C3CCC(C3)C2N)nc2cc(F)ccc21. The minimum Gasteiger partial charge on any atom is -0.355 e. The number of nitrogens with one attached hydrogen (secondary N) is 1. The third-order valence-corrected chi connectivity index (χ3v) is 5.87. The van der Waals surface area contributed by atoms with Crippen LogP contribution in [0.15, 0.2) is 18.2 Å². The Morgan fingerprint density at radius 2 is 2.08 bits per heavy atom. The van der Waals surface area contributed by atoms with E-state index in [2.05, 4.69) is 10.3 Å². The summed E-state index contributed by atoms with van der Waals surface area (Å²) in [4.78, 5) is 16.9. The van der Waals surface area contributed by atoms with Crippen molar-refractivity contribution in [2.45, 2.75) is 31.7 Å². The van der Waals surface area contributed by atoms with Crippen molar-refractivity contribution in [3.8, 4) is 0 Å². The fraction of sp³-hybridized carbons (Fsp3) is 0.556. The summed E-state index contributed by atoms with van der Waals surface area (Å²) in [6, 6.07) is 4.62. The van der Waals surface area contributed by atoms with Crippen molar-refractivity contribution in [3.63, 3.8) is 0 Å². The van der Waals surface area contributed by atoms with Gasteiger partial charge >= 0.3 is 0 Å². The van der Waals surface area contributed by atoms with Crippen molar-refractivity contribution in [1.29, 1.82) is 0 Å². The van der Waals surface area contributed by atoms with Crippen molar-refractivity contribution < 1.29 is 9.18 Å². The van der Waals surface area contributed by atoms with Gasteiger partial charge in [0, 0.05) is 32.1 Å². The number of aryl methyl sites for hydroxylation is 1. The molecular weight excluding hydrogens is 378 g/mol. The minimum absolute atomic E-state index is 0. The molecule has 5 nitrogen and oxygen atoms in total. The highest BCUT2D eigenvalue weighted by Crippen LogP contribution is 2.47. The maximum atomic E-state index is 13.3. The summed E-state index contributed by atoms with van der Waals surface area (Å²) in [5, 5.41) is 3.02. The Bertz CT molecular complexity index is 795. The minimum atomic E-state index is -0.286. The first-order chi connectivity index (χ1) is 11.5. The second kappa shape index (κ2) is 8.11. The molecule has 26 heavy (non-hydrogen) atoms. The molecule has 144 valence electrons. The Hall–Kier alpha value is -1.37. The van der Waals surface area contributed by atoms with E-state index in [4.69, 9.17) is 5.73 Å². The predicted octanol–water partition coefficient (Wildman–Crippen LogP) is 2.59. The van der Waals surface area contributed by atoms with Gasteiger partial charge in [-0.15, -0.1) is 24.8 Å². The zero-order valence-corrected chi connectivity index (χ0v) is 16.3. The number of carbonyl (C=O) groups excluding carboxylic acids is 1. The largest absolute Gasteiger partial charge is 0.355 e. The van der Waals surface area contributed by atoms with Crippen LogP contribution in [0.25, 0.3) is 11.0 Å². The monoisotopic (exact) mass is 402 g/mol. The van der Waals surface area contributed by atoms with Crippen LogP contribution in [-0.4, -0.2) is 28.0 Å². The zero-order valence-electron chi connectivity index (χ0n) is 14.7. The lowest BCUT2D eigenvalue weighted by Gasteiger charge is -2.26. The van der Waals surface area contributed by atoms with Gasteiger partial charge in [-0.3, -0.25) is 4.79 Å². The van der Waals surface area contributed by atoms with Crippen LogP contribution in [0, 0.1) is 23.6 Å². The maximum absolute atomic E-state index is 13.3. The van der Waals surface area contributed by atoms with Crippen molar-refractivity contribution in [3.05, 3.63) is 29.8 Å². The first kappa shape index (κ1) is 20.9. The maximum Gasteiger partial charge on any atom is 0.224 e. The van der Waals surface area contributed by atoms with E-state index in [0.717, 1.165) is 24.2 Å². The quantitative estimate of drug-likeness (QED) is 0.824. The molecule has 0 radical (unpaired) electrons. The number of hydrogen-bond acceptors (Lipinski definition) is 3. The van der Waals surface area contributed by atoms with E-state index in [0.29, 0.717) is 30.3 Å². The van der Waals surface area contributed by atoms with Crippen LogP contribution >= 0.6 is 24.8 Å². The molecule has 4 rings (SSSR count). The molecule has 0 saturated heterocycles. The number of aromatic nitrogens is 2. The number of amides is 1. The van der Waals surface area contributed by atoms with Crippen LogP contribution in [0.5, 0.6) is 0 Å². The zero-order chi connectivity index (χ0) is 16.8. The Kier molecular flexibility index (Phi) is 6.53. The second-order valence-corrected chi connectivity index (χ2v) is 7.20. The number of nitrogens with zero attached hydrogens (tertiary/aromatic N) is 2. The van der Waals surface area contributed by atoms with Gasteiger partial charge in [-0.2, -0.15) is 0 Å². The molecular formula is C18H25Cl2FN4O. The van der Waals surface area contributed by atoms with Gasteiger partial charge in [0.15, 0.2) is 0 Å². The van der Waals surface area contributed by atoms with E-state index >= 15 is 0 Å². The lowest BCUT2D eigenvalue weighted by atomic mass is 9.84. The molecule has 3 N–H and O–H groups in total. The van der Waals surface area contributed by atoms with Crippen LogP contribution in [0.2, 0.25) is 0 Å². The predicted molar refractivity (Wildman–Crippen MR) is 104 cm³/mol. The highest BCUT2D eigenvalue weighted by atomic mass is 35.5. The third-order valence-electron chi connectivity index (χ3n) is 5.87. The Labute approximate surface area is 164 Å². The Balaban J connectivity index is 0.00000121. The molecule has 1 aromatic carbocycles. The number of fused-ring (bicyclic) bond motifs is 3. The van der Waals surface area contributed by atoms with Gasteiger partial charge in [-0.05, 0) is 43.2 Å². The van der Waals surface area contributed by atoms with E-state index in [9.17, 15) is 9.18 Å². The van der Waals surface area contributed by atoms with E-state index in [1.807, 2.05) is 11.6 Å². The summed E-state index contributed by atoms with van der Waals surface area (Å²) >= 11 is 0. The molecule has 8 heteroatoms. The van der Waals surface area contributed by atoms with Gasteiger partial charge < -0.3 is 15.6 Å². The first-order valence-corrected chi connectivity index (χ1v) is 8.68. The van der Waals surface area contributed by atoms with Crippen LogP contribution in [0.3, 0.4) is 0 Å². The molecule has 1 heterocycles. The van der Waals surface area contributed by atoms with Crippen LogP contribution in [-0.2, 0) is 18.3 Å². The average Bonchev–Trinajstić information content (AvgIpc) is 3.21. The number of imidazole rings is 1. The standard InChI is InChI=1S/C18H23FN4O.2ClH/c1-23-14-5-4-12(19)9-13(14)22-15(23)6-7-21-18(24)16-10-2-3-11(8-10)17(16)20;;/h4-5,9-11,16-17H,2-3,6-8,20H2,1H3,(H,21,24);2*1H. The summed E-state index contributed by atoms with van der Waals surface area (Å²) in [7, 11) is 1.91. The molecule has 4 unspecified atom stereocenters. The van der Waals surface area contributed by atoms with E-state index in [-0.39, 0.29) is 48.5 Å². The normalized spacial score (nSPS) is 26.4. The summed E-state index contributed by atoms with van der Waals surface area (Å²) < 4.78 is 15.2. The van der Waals surface area contributed by atoms with E-state index in [1.54, 1.807) is 6.07 Å². The third kappa shape index (κ3) is 3.55. The fourth-order valence-corrected chi connectivity index (χ4v) is 4.59. The number of benzene rings is 1. The Morgan fingerprint density at radius 1 is 1.35 bits per heavy atom. The number of nitrogens with two attached hydrogens (primary N) is 1. The summed E-state index contributed by atoms with van der Waals surface area (Å²) in [5.41, 5.74) is 7.77. The summed E-state index contributed by atoms with van der Waals surface area (Å²) in [5.74, 6) is 1.60. The van der Waals surface area contributed by atoms with Gasteiger partial charge in [0.05, 0.1) is 17.0 Å².